The van der Waals surface area contributed by atoms with Crippen molar-refractivity contribution in [3.05, 3.63) is 73.2 Å². The Kier molecular flexibility index (Phi) is 5.72. The van der Waals surface area contributed by atoms with Crippen LogP contribution in [0.5, 0.6) is 0 Å². The maximum absolute atomic E-state index is 12.8. The lowest BCUT2D eigenvalue weighted by Crippen LogP contribution is -2.23. The largest absolute Gasteiger partial charge is 0.469 e. The summed E-state index contributed by atoms with van der Waals surface area (Å²) in [4.78, 5) is 12.8. The number of carbonyl (C=O) groups is 1. The molecule has 0 aliphatic heterocycles. The molecule has 2 aromatic carbocycles. The van der Waals surface area contributed by atoms with Crippen LogP contribution in [0.15, 0.2) is 77.0 Å². The molecule has 1 unspecified atom stereocenters. The standard InChI is InChI=1S/C23H22N4O2S/c1-4-12-27-21(20-11-13-29-15(20)2)25-26-23(27)30-16(3)22(28)24-19-10-9-17-7-5-6-8-18(17)14-19/h4-11,13-14,16H,1,12H2,2-3H3,(H,24,28). The Hall–Kier alpha value is -3.32. The Morgan fingerprint density at radius 2 is 2.03 bits per heavy atom. The summed E-state index contributed by atoms with van der Waals surface area (Å²) in [5.41, 5.74) is 1.65. The van der Waals surface area contributed by atoms with E-state index >= 15 is 0 Å². The minimum absolute atomic E-state index is 0.0931. The molecule has 0 aliphatic rings. The van der Waals surface area contributed by atoms with Crippen LogP contribution in [0.4, 0.5) is 5.69 Å². The summed E-state index contributed by atoms with van der Waals surface area (Å²) in [6, 6.07) is 15.8. The van der Waals surface area contributed by atoms with Crippen molar-refractivity contribution in [3.8, 4) is 11.4 Å². The van der Waals surface area contributed by atoms with Gasteiger partial charge >= 0.3 is 0 Å². The molecular weight excluding hydrogens is 396 g/mol. The molecule has 2 aromatic heterocycles. The van der Waals surface area contributed by atoms with Crippen molar-refractivity contribution in [2.75, 3.05) is 5.32 Å². The molecule has 0 radical (unpaired) electrons. The summed E-state index contributed by atoms with van der Waals surface area (Å²) in [6.45, 7) is 8.11. The average molecular weight is 419 g/mol. The molecule has 152 valence electrons. The predicted molar refractivity (Wildman–Crippen MR) is 121 cm³/mol. The highest BCUT2D eigenvalue weighted by molar-refractivity contribution is 8.00. The van der Waals surface area contributed by atoms with Crippen LogP contribution in [0.2, 0.25) is 0 Å². The molecule has 1 amide bonds. The number of anilines is 1. The molecule has 0 bridgehead atoms. The van der Waals surface area contributed by atoms with E-state index in [1.165, 1.54) is 11.8 Å². The lowest BCUT2D eigenvalue weighted by atomic mass is 10.1. The van der Waals surface area contributed by atoms with Gasteiger partial charge < -0.3 is 9.73 Å². The topological polar surface area (TPSA) is 73.0 Å². The Labute approximate surface area is 179 Å². The number of furan rings is 1. The summed E-state index contributed by atoms with van der Waals surface area (Å²) in [7, 11) is 0. The average Bonchev–Trinajstić information content (AvgIpc) is 3.34. The highest BCUT2D eigenvalue weighted by Gasteiger charge is 2.22. The first kappa shape index (κ1) is 20.0. The highest BCUT2D eigenvalue weighted by Crippen LogP contribution is 2.29. The summed E-state index contributed by atoms with van der Waals surface area (Å²) in [5, 5.41) is 14.1. The van der Waals surface area contributed by atoms with E-state index in [1.807, 2.05) is 66.9 Å². The van der Waals surface area contributed by atoms with E-state index in [9.17, 15) is 4.79 Å². The van der Waals surface area contributed by atoms with Gasteiger partial charge in [-0.3, -0.25) is 9.36 Å². The molecule has 7 heteroatoms. The molecule has 0 saturated carbocycles. The Balaban J connectivity index is 1.52. The van der Waals surface area contributed by atoms with E-state index in [0.29, 0.717) is 17.5 Å². The summed E-state index contributed by atoms with van der Waals surface area (Å²) in [5.74, 6) is 1.38. The van der Waals surface area contributed by atoms with E-state index in [2.05, 4.69) is 22.1 Å². The van der Waals surface area contributed by atoms with Gasteiger partial charge in [0.15, 0.2) is 11.0 Å². The van der Waals surface area contributed by atoms with Crippen LogP contribution in [0, 0.1) is 6.92 Å². The third kappa shape index (κ3) is 4.02. The molecule has 4 rings (SSSR count). The second-order valence-corrected chi connectivity index (χ2v) is 8.22. The lowest BCUT2D eigenvalue weighted by molar-refractivity contribution is -0.115. The van der Waals surface area contributed by atoms with Gasteiger partial charge in [0.2, 0.25) is 5.91 Å². The number of aromatic nitrogens is 3. The number of hydrogen-bond acceptors (Lipinski definition) is 5. The molecule has 0 spiro atoms. The molecule has 2 heterocycles. The van der Waals surface area contributed by atoms with Gasteiger partial charge in [-0.2, -0.15) is 0 Å². The second-order valence-electron chi connectivity index (χ2n) is 6.91. The first-order chi connectivity index (χ1) is 14.6. The van der Waals surface area contributed by atoms with E-state index < -0.39 is 0 Å². The highest BCUT2D eigenvalue weighted by atomic mass is 32.2. The summed E-state index contributed by atoms with van der Waals surface area (Å²) < 4.78 is 7.34. The van der Waals surface area contributed by atoms with E-state index in [4.69, 9.17) is 4.42 Å². The number of carbonyl (C=O) groups excluding carboxylic acids is 1. The van der Waals surface area contributed by atoms with Crippen molar-refractivity contribution in [1.82, 2.24) is 14.8 Å². The summed E-state index contributed by atoms with van der Waals surface area (Å²) in [6.07, 6.45) is 3.41. The van der Waals surface area contributed by atoms with Gasteiger partial charge in [-0.25, -0.2) is 0 Å². The Morgan fingerprint density at radius 3 is 2.77 bits per heavy atom. The van der Waals surface area contributed by atoms with Crippen molar-refractivity contribution in [3.63, 3.8) is 0 Å². The first-order valence-electron chi connectivity index (χ1n) is 9.61. The van der Waals surface area contributed by atoms with Gasteiger partial charge in [-0.1, -0.05) is 48.2 Å². The summed E-state index contributed by atoms with van der Waals surface area (Å²) >= 11 is 1.36. The minimum Gasteiger partial charge on any atom is -0.469 e. The van der Waals surface area contributed by atoms with Crippen molar-refractivity contribution >= 4 is 34.1 Å². The van der Waals surface area contributed by atoms with Crippen LogP contribution in [0.1, 0.15) is 12.7 Å². The van der Waals surface area contributed by atoms with Crippen LogP contribution in [-0.2, 0) is 11.3 Å². The normalized spacial score (nSPS) is 12.1. The molecule has 0 saturated heterocycles. The maximum atomic E-state index is 12.8. The SMILES string of the molecule is C=CCn1c(SC(C)C(=O)Nc2ccc3ccccc3c2)nnc1-c1ccoc1C. The van der Waals surface area contributed by atoms with Crippen LogP contribution in [0.25, 0.3) is 22.2 Å². The number of fused-ring (bicyclic) bond motifs is 1. The molecule has 30 heavy (non-hydrogen) atoms. The number of nitrogens with zero attached hydrogens (tertiary/aromatic N) is 3. The zero-order valence-electron chi connectivity index (χ0n) is 16.8. The monoisotopic (exact) mass is 418 g/mol. The van der Waals surface area contributed by atoms with Crippen molar-refractivity contribution in [2.24, 2.45) is 0 Å². The number of rotatable bonds is 7. The fraction of sp³-hybridized carbons (Fsp3) is 0.174. The van der Waals surface area contributed by atoms with Crippen LogP contribution in [0.3, 0.4) is 0 Å². The molecule has 1 N–H and O–H groups in total. The number of hydrogen-bond donors (Lipinski definition) is 1. The maximum Gasteiger partial charge on any atom is 0.237 e. The third-order valence-electron chi connectivity index (χ3n) is 4.80. The third-order valence-corrected chi connectivity index (χ3v) is 5.88. The number of nitrogens with one attached hydrogen (secondary N) is 1. The lowest BCUT2D eigenvalue weighted by Gasteiger charge is -2.13. The molecule has 6 nitrogen and oxygen atoms in total. The molecule has 0 fully saturated rings. The first-order valence-corrected chi connectivity index (χ1v) is 10.5. The van der Waals surface area contributed by atoms with Gasteiger partial charge in [0, 0.05) is 12.2 Å². The zero-order valence-corrected chi connectivity index (χ0v) is 17.6. The van der Waals surface area contributed by atoms with Crippen LogP contribution in [-0.4, -0.2) is 25.9 Å². The van der Waals surface area contributed by atoms with E-state index in [-0.39, 0.29) is 11.2 Å². The van der Waals surface area contributed by atoms with Gasteiger partial charge in [-0.05, 0) is 42.8 Å². The minimum atomic E-state index is -0.359. The van der Waals surface area contributed by atoms with Gasteiger partial charge in [0.25, 0.3) is 0 Å². The van der Waals surface area contributed by atoms with Gasteiger partial charge in [-0.15, -0.1) is 16.8 Å². The van der Waals surface area contributed by atoms with E-state index in [0.717, 1.165) is 27.8 Å². The number of allylic oxidation sites excluding steroid dienone is 1. The van der Waals surface area contributed by atoms with Crippen molar-refractivity contribution < 1.29 is 9.21 Å². The van der Waals surface area contributed by atoms with Crippen LogP contribution < -0.4 is 5.32 Å². The van der Waals surface area contributed by atoms with Crippen LogP contribution >= 0.6 is 11.8 Å². The molecular formula is C23H22N4O2S. The van der Waals surface area contributed by atoms with Crippen molar-refractivity contribution in [2.45, 2.75) is 30.8 Å². The van der Waals surface area contributed by atoms with Crippen molar-refractivity contribution in [1.29, 1.82) is 0 Å². The zero-order chi connectivity index (χ0) is 21.1. The molecule has 0 aliphatic carbocycles. The number of benzene rings is 2. The second kappa shape index (κ2) is 8.59. The quantitative estimate of drug-likeness (QED) is 0.325. The van der Waals surface area contributed by atoms with Gasteiger partial charge in [0.1, 0.15) is 5.76 Å². The Bertz CT molecular complexity index is 1210. The molecule has 1 atom stereocenters. The number of thioether (sulfide) groups is 1. The number of amides is 1. The predicted octanol–water partition coefficient (Wildman–Crippen LogP) is 5.31. The van der Waals surface area contributed by atoms with Gasteiger partial charge in [0.05, 0.1) is 17.1 Å². The smallest absolute Gasteiger partial charge is 0.237 e. The fourth-order valence-electron chi connectivity index (χ4n) is 3.21. The Morgan fingerprint density at radius 1 is 1.23 bits per heavy atom. The molecule has 4 aromatic rings. The fourth-order valence-corrected chi connectivity index (χ4v) is 4.07. The van der Waals surface area contributed by atoms with E-state index in [1.54, 1.807) is 12.3 Å². The number of aryl methyl sites for hydroxylation is 1.